The van der Waals surface area contributed by atoms with E-state index >= 15 is 0 Å². The van der Waals surface area contributed by atoms with Gasteiger partial charge in [-0.15, -0.1) is 0 Å². The summed E-state index contributed by atoms with van der Waals surface area (Å²) in [6.45, 7) is 7.27. The topological polar surface area (TPSA) is 141 Å². The summed E-state index contributed by atoms with van der Waals surface area (Å²) in [5.74, 6) is -0.796. The number of hydrogen-bond donors (Lipinski definition) is 0. The molecule has 2 heterocycles. The molecule has 0 spiro atoms. The van der Waals surface area contributed by atoms with Crippen LogP contribution in [0.5, 0.6) is 17.2 Å². The molecule has 278 valence electrons. The first kappa shape index (κ1) is 39.1. The first-order chi connectivity index (χ1) is 25.5. The Labute approximate surface area is 318 Å². The number of nitrogens with zero attached hydrogens (tertiary/aromatic N) is 2. The molecule has 0 saturated heterocycles. The third-order valence-corrected chi connectivity index (χ3v) is 9.33. The molecule has 0 radical (unpaired) electrons. The fourth-order valence-electron chi connectivity index (χ4n) is 5.47. The van der Waals surface area contributed by atoms with Crippen LogP contribution >= 0.6 is 34.5 Å². The fraction of sp³-hybridized carbons (Fsp3) is 0.289. The normalized spacial score (nSPS) is 13.9. The zero-order valence-electron chi connectivity index (χ0n) is 29.5. The maximum absolute atomic E-state index is 14.4. The van der Waals surface area contributed by atoms with Crippen molar-refractivity contribution in [1.29, 1.82) is 0 Å². The van der Waals surface area contributed by atoms with Gasteiger partial charge in [0.05, 0.1) is 59.4 Å². The standard InChI is InChI=1S/C38H36Cl2N2O10S/c1-6-48-29-16-24(13-14-28(29)51-20-31(43)47-5)33-32(37(46)50-8-3)21(4)41-38-42(33)35(44)30(53-38)17-25-15-26(39)18-27(40)34(25)52-19-22-9-11-23(12-10-22)36(45)49-7-2/h9-18,33H,6-8,19-20H2,1-5H3/b30-17+/t33-/m1/s1. The number of fused-ring (bicyclic) bond motifs is 1. The van der Waals surface area contributed by atoms with Crippen LogP contribution in [0.3, 0.4) is 0 Å². The molecule has 1 aromatic heterocycles. The Kier molecular flexibility index (Phi) is 13.0. The van der Waals surface area contributed by atoms with Crippen LogP contribution in [-0.4, -0.2) is 56.0 Å². The number of methoxy groups -OCH3 is 1. The summed E-state index contributed by atoms with van der Waals surface area (Å²) in [6.07, 6.45) is 1.61. The van der Waals surface area contributed by atoms with Gasteiger partial charge in [0.1, 0.15) is 12.4 Å². The van der Waals surface area contributed by atoms with E-state index in [4.69, 9.17) is 46.9 Å². The van der Waals surface area contributed by atoms with Gasteiger partial charge >= 0.3 is 17.9 Å². The number of carbonyl (C=O) groups excluding carboxylic acids is 3. The SMILES string of the molecule is CCOC(=O)C1=C(C)N=c2s/c(=C/c3cc(Cl)cc(Cl)c3OCc3ccc(C(=O)OCC)cc3)c(=O)n2[C@@H]1c1ccc(OCC(=O)OC)c(OCC)c1. The molecule has 0 unspecified atom stereocenters. The Balaban J connectivity index is 1.58. The van der Waals surface area contributed by atoms with Gasteiger partial charge in [-0.2, -0.15) is 0 Å². The number of hydrogen-bond acceptors (Lipinski definition) is 12. The van der Waals surface area contributed by atoms with E-state index in [2.05, 4.69) is 9.73 Å². The lowest BCUT2D eigenvalue weighted by molar-refractivity contribution is -0.143. The van der Waals surface area contributed by atoms with Crippen LogP contribution in [0.1, 0.15) is 60.8 Å². The molecule has 5 rings (SSSR count). The Morgan fingerprint density at radius 1 is 0.887 bits per heavy atom. The van der Waals surface area contributed by atoms with Crippen molar-refractivity contribution in [2.45, 2.75) is 40.3 Å². The zero-order valence-corrected chi connectivity index (χ0v) is 31.9. The first-order valence-corrected chi connectivity index (χ1v) is 18.1. The highest BCUT2D eigenvalue weighted by atomic mass is 35.5. The predicted molar refractivity (Wildman–Crippen MR) is 199 cm³/mol. The van der Waals surface area contributed by atoms with Crippen molar-refractivity contribution >= 4 is 58.5 Å². The lowest BCUT2D eigenvalue weighted by atomic mass is 9.95. The predicted octanol–water partition coefficient (Wildman–Crippen LogP) is 5.81. The van der Waals surface area contributed by atoms with Gasteiger partial charge in [0.25, 0.3) is 5.56 Å². The van der Waals surface area contributed by atoms with E-state index < -0.39 is 29.5 Å². The molecule has 0 amide bonds. The summed E-state index contributed by atoms with van der Waals surface area (Å²) in [4.78, 5) is 56.6. The summed E-state index contributed by atoms with van der Waals surface area (Å²) in [5, 5.41) is 0.535. The van der Waals surface area contributed by atoms with E-state index in [1.807, 2.05) is 0 Å². The van der Waals surface area contributed by atoms with Gasteiger partial charge in [-0.3, -0.25) is 9.36 Å². The molecule has 0 fully saturated rings. The van der Waals surface area contributed by atoms with Crippen LogP contribution in [-0.2, 0) is 30.4 Å². The second kappa shape index (κ2) is 17.6. The van der Waals surface area contributed by atoms with Crippen molar-refractivity contribution in [2.24, 2.45) is 4.99 Å². The van der Waals surface area contributed by atoms with Crippen molar-refractivity contribution in [3.8, 4) is 17.2 Å². The molecule has 0 aliphatic carbocycles. The number of allylic oxidation sites excluding steroid dienone is 1. The van der Waals surface area contributed by atoms with Crippen molar-refractivity contribution in [3.63, 3.8) is 0 Å². The largest absolute Gasteiger partial charge is 0.490 e. The quantitative estimate of drug-likeness (QED) is 0.114. The summed E-state index contributed by atoms with van der Waals surface area (Å²) in [7, 11) is 1.25. The van der Waals surface area contributed by atoms with Crippen LogP contribution < -0.4 is 29.1 Å². The summed E-state index contributed by atoms with van der Waals surface area (Å²) >= 11 is 14.1. The number of halogens is 2. The van der Waals surface area contributed by atoms with Crippen LogP contribution in [0.25, 0.3) is 6.08 Å². The second-order valence-corrected chi connectivity index (χ2v) is 13.2. The Bertz CT molecular complexity index is 2250. The average molecular weight is 784 g/mol. The molecule has 53 heavy (non-hydrogen) atoms. The maximum atomic E-state index is 14.4. The Morgan fingerprint density at radius 2 is 1.60 bits per heavy atom. The molecule has 4 aromatic rings. The number of rotatable bonds is 14. The van der Waals surface area contributed by atoms with Gasteiger partial charge in [0.2, 0.25) is 0 Å². The van der Waals surface area contributed by atoms with Crippen LogP contribution in [0.4, 0.5) is 0 Å². The van der Waals surface area contributed by atoms with Crippen molar-refractivity contribution < 1.29 is 42.8 Å². The minimum absolute atomic E-state index is 0.0934. The summed E-state index contributed by atoms with van der Waals surface area (Å²) in [5.41, 5.74) is 2.19. The molecular weight excluding hydrogens is 747 g/mol. The van der Waals surface area contributed by atoms with Crippen LogP contribution in [0, 0.1) is 0 Å². The molecule has 1 aliphatic rings. The van der Waals surface area contributed by atoms with E-state index in [1.165, 1.54) is 17.7 Å². The first-order valence-electron chi connectivity index (χ1n) is 16.5. The number of ether oxygens (including phenoxy) is 6. The third-order valence-electron chi connectivity index (χ3n) is 7.85. The van der Waals surface area contributed by atoms with E-state index in [0.29, 0.717) is 38.0 Å². The summed E-state index contributed by atoms with van der Waals surface area (Å²) < 4.78 is 34.5. The minimum Gasteiger partial charge on any atom is -0.490 e. The number of aromatic nitrogens is 1. The molecule has 1 aliphatic heterocycles. The van der Waals surface area contributed by atoms with Gasteiger partial charge in [0.15, 0.2) is 22.9 Å². The minimum atomic E-state index is -0.961. The van der Waals surface area contributed by atoms with E-state index in [9.17, 15) is 19.2 Å². The summed E-state index contributed by atoms with van der Waals surface area (Å²) in [6, 6.07) is 13.9. The third kappa shape index (κ3) is 8.93. The van der Waals surface area contributed by atoms with Crippen LogP contribution in [0.2, 0.25) is 10.0 Å². The number of carbonyl (C=O) groups is 3. The zero-order chi connectivity index (χ0) is 38.2. The Morgan fingerprint density at radius 3 is 2.28 bits per heavy atom. The lowest BCUT2D eigenvalue weighted by Crippen LogP contribution is -2.40. The lowest BCUT2D eigenvalue weighted by Gasteiger charge is -2.25. The van der Waals surface area contributed by atoms with Crippen molar-refractivity contribution in [1.82, 2.24) is 4.57 Å². The molecule has 3 aromatic carbocycles. The molecule has 15 heteroatoms. The van der Waals surface area contributed by atoms with Crippen molar-refractivity contribution in [3.05, 3.63) is 118 Å². The average Bonchev–Trinajstić information content (AvgIpc) is 3.43. The molecule has 1 atom stereocenters. The van der Waals surface area contributed by atoms with E-state index in [1.54, 1.807) is 82.3 Å². The second-order valence-electron chi connectivity index (χ2n) is 11.3. The smallest absolute Gasteiger partial charge is 0.343 e. The highest BCUT2D eigenvalue weighted by Crippen LogP contribution is 2.37. The molecule has 0 N–H and O–H groups in total. The van der Waals surface area contributed by atoms with Gasteiger partial charge < -0.3 is 28.4 Å². The molecular formula is C38H36Cl2N2O10S. The van der Waals surface area contributed by atoms with Gasteiger partial charge in [0, 0.05) is 10.6 Å². The van der Waals surface area contributed by atoms with Gasteiger partial charge in [-0.25, -0.2) is 19.4 Å². The monoisotopic (exact) mass is 782 g/mol. The Hall–Kier alpha value is -5.11. The van der Waals surface area contributed by atoms with Gasteiger partial charge in [-0.1, -0.05) is 52.7 Å². The molecule has 0 saturated carbocycles. The molecule has 12 nitrogen and oxygen atoms in total. The number of benzene rings is 3. The number of thiazole rings is 1. The van der Waals surface area contributed by atoms with Gasteiger partial charge in [-0.05, 0) is 81.3 Å². The number of esters is 3. The highest BCUT2D eigenvalue weighted by molar-refractivity contribution is 7.07. The highest BCUT2D eigenvalue weighted by Gasteiger charge is 2.34. The molecule has 0 bridgehead atoms. The fourth-order valence-corrected chi connectivity index (χ4v) is 7.07. The van der Waals surface area contributed by atoms with Crippen molar-refractivity contribution in [2.75, 3.05) is 33.5 Å². The van der Waals surface area contributed by atoms with E-state index in [-0.39, 0.29) is 59.7 Å². The van der Waals surface area contributed by atoms with Crippen LogP contribution in [0.15, 0.2) is 75.7 Å². The maximum Gasteiger partial charge on any atom is 0.343 e. The van der Waals surface area contributed by atoms with E-state index in [0.717, 1.165) is 16.9 Å².